The maximum atomic E-state index is 13.5. The lowest BCUT2D eigenvalue weighted by Gasteiger charge is -2.08. The Balaban J connectivity index is 2.12. The molecule has 0 amide bonds. The SMILES string of the molecule is CC(C)n1c(SCC(=O)c2ccccc2F)n[nH]c1=O. The lowest BCUT2D eigenvalue weighted by molar-refractivity contribution is 0.101. The minimum absolute atomic E-state index is 0.0257. The Bertz CT molecular complexity index is 678. The molecule has 5 nitrogen and oxygen atoms in total. The largest absolute Gasteiger partial charge is 0.344 e. The summed E-state index contributed by atoms with van der Waals surface area (Å²) in [6.45, 7) is 3.69. The van der Waals surface area contributed by atoms with Gasteiger partial charge in [-0.2, -0.15) is 0 Å². The van der Waals surface area contributed by atoms with Crippen molar-refractivity contribution in [2.24, 2.45) is 0 Å². The van der Waals surface area contributed by atoms with Crippen LogP contribution >= 0.6 is 11.8 Å². The van der Waals surface area contributed by atoms with Gasteiger partial charge in [-0.05, 0) is 26.0 Å². The molecule has 0 aliphatic heterocycles. The molecule has 20 heavy (non-hydrogen) atoms. The topological polar surface area (TPSA) is 67.8 Å². The summed E-state index contributed by atoms with van der Waals surface area (Å²) in [4.78, 5) is 23.5. The average Bonchev–Trinajstić information content (AvgIpc) is 2.78. The van der Waals surface area contributed by atoms with E-state index in [2.05, 4.69) is 10.2 Å². The van der Waals surface area contributed by atoms with Gasteiger partial charge in [0.15, 0.2) is 10.9 Å². The van der Waals surface area contributed by atoms with Crippen LogP contribution in [0.4, 0.5) is 4.39 Å². The van der Waals surface area contributed by atoms with E-state index in [1.54, 1.807) is 6.07 Å². The van der Waals surface area contributed by atoms with Gasteiger partial charge in [0, 0.05) is 6.04 Å². The Morgan fingerprint density at radius 1 is 1.45 bits per heavy atom. The van der Waals surface area contributed by atoms with Crippen LogP contribution in [0.2, 0.25) is 0 Å². The minimum Gasteiger partial charge on any atom is -0.293 e. The molecule has 7 heteroatoms. The van der Waals surface area contributed by atoms with Crippen LogP contribution in [0, 0.1) is 5.82 Å². The molecule has 0 atom stereocenters. The van der Waals surface area contributed by atoms with Crippen molar-refractivity contribution in [1.82, 2.24) is 14.8 Å². The Morgan fingerprint density at radius 2 is 2.15 bits per heavy atom. The van der Waals surface area contributed by atoms with Crippen LogP contribution in [0.3, 0.4) is 0 Å². The summed E-state index contributed by atoms with van der Waals surface area (Å²) in [5.74, 6) is -0.849. The van der Waals surface area contributed by atoms with E-state index in [9.17, 15) is 14.0 Å². The summed E-state index contributed by atoms with van der Waals surface area (Å²) in [7, 11) is 0. The van der Waals surface area contributed by atoms with Gasteiger partial charge in [0.25, 0.3) is 0 Å². The molecule has 1 heterocycles. The fourth-order valence-electron chi connectivity index (χ4n) is 1.74. The van der Waals surface area contributed by atoms with Gasteiger partial charge < -0.3 is 0 Å². The van der Waals surface area contributed by atoms with E-state index in [0.29, 0.717) is 5.16 Å². The zero-order chi connectivity index (χ0) is 14.7. The predicted octanol–water partition coefficient (Wildman–Crippen LogP) is 2.27. The van der Waals surface area contributed by atoms with Gasteiger partial charge in [0.05, 0.1) is 11.3 Å². The van der Waals surface area contributed by atoms with Crippen molar-refractivity contribution in [3.05, 3.63) is 46.1 Å². The second kappa shape index (κ2) is 6.04. The van der Waals surface area contributed by atoms with E-state index < -0.39 is 5.82 Å². The molecular weight excluding hydrogens is 281 g/mol. The first kappa shape index (κ1) is 14.5. The molecule has 0 fully saturated rings. The molecule has 106 valence electrons. The lowest BCUT2D eigenvalue weighted by Crippen LogP contribution is -2.19. The monoisotopic (exact) mass is 295 g/mol. The van der Waals surface area contributed by atoms with Gasteiger partial charge in [0.2, 0.25) is 0 Å². The van der Waals surface area contributed by atoms with Crippen molar-refractivity contribution in [1.29, 1.82) is 0 Å². The van der Waals surface area contributed by atoms with E-state index in [4.69, 9.17) is 0 Å². The van der Waals surface area contributed by atoms with Gasteiger partial charge in [-0.3, -0.25) is 9.36 Å². The number of nitrogens with zero attached hydrogens (tertiary/aromatic N) is 2. The highest BCUT2D eigenvalue weighted by Gasteiger charge is 2.16. The normalized spacial score (nSPS) is 11.0. The Labute approximate surface area is 119 Å². The van der Waals surface area contributed by atoms with Crippen molar-refractivity contribution in [3.8, 4) is 0 Å². The van der Waals surface area contributed by atoms with Crippen LogP contribution < -0.4 is 5.69 Å². The fourth-order valence-corrected chi connectivity index (χ4v) is 2.70. The number of aromatic nitrogens is 3. The summed E-state index contributed by atoms with van der Waals surface area (Å²) in [6, 6.07) is 5.77. The molecular formula is C13H14FN3O2S. The highest BCUT2D eigenvalue weighted by atomic mass is 32.2. The van der Waals surface area contributed by atoms with Crippen molar-refractivity contribution in [2.75, 3.05) is 5.75 Å². The first-order chi connectivity index (χ1) is 9.50. The first-order valence-corrected chi connectivity index (χ1v) is 7.06. The number of carbonyl (C=O) groups is 1. The Morgan fingerprint density at radius 3 is 2.80 bits per heavy atom. The molecule has 0 unspecified atom stereocenters. The smallest absolute Gasteiger partial charge is 0.293 e. The summed E-state index contributed by atoms with van der Waals surface area (Å²) in [5.41, 5.74) is -0.269. The number of hydrogen-bond acceptors (Lipinski definition) is 4. The van der Waals surface area contributed by atoms with Crippen molar-refractivity contribution >= 4 is 17.5 Å². The Hall–Kier alpha value is -1.89. The van der Waals surface area contributed by atoms with E-state index in [1.807, 2.05) is 13.8 Å². The third kappa shape index (κ3) is 2.98. The molecule has 2 rings (SSSR count). The van der Waals surface area contributed by atoms with E-state index in [-0.39, 0.29) is 28.8 Å². The van der Waals surface area contributed by atoms with Crippen LogP contribution in [0.15, 0.2) is 34.2 Å². The number of halogens is 1. The lowest BCUT2D eigenvalue weighted by atomic mass is 10.1. The van der Waals surface area contributed by atoms with Gasteiger partial charge in [-0.15, -0.1) is 5.10 Å². The molecule has 0 aliphatic rings. The number of benzene rings is 1. The summed E-state index contributed by atoms with van der Waals surface area (Å²) in [5, 5.41) is 6.64. The molecule has 1 aromatic carbocycles. The number of rotatable bonds is 5. The van der Waals surface area contributed by atoms with Gasteiger partial charge >= 0.3 is 5.69 Å². The number of hydrogen-bond donors (Lipinski definition) is 1. The molecule has 1 aromatic heterocycles. The number of H-pyrrole nitrogens is 1. The molecule has 0 saturated carbocycles. The highest BCUT2D eigenvalue weighted by molar-refractivity contribution is 7.99. The van der Waals surface area contributed by atoms with Crippen LogP contribution in [0.25, 0.3) is 0 Å². The van der Waals surface area contributed by atoms with Gasteiger partial charge in [-0.1, -0.05) is 23.9 Å². The average molecular weight is 295 g/mol. The standard InChI is InChI=1S/C13H14FN3O2S/c1-8(2)17-12(19)15-16-13(17)20-7-11(18)9-5-3-4-6-10(9)14/h3-6,8H,7H2,1-2H3,(H,15,19). The Kier molecular flexibility index (Phi) is 4.39. The number of aromatic amines is 1. The van der Waals surface area contributed by atoms with Crippen LogP contribution in [0.1, 0.15) is 30.2 Å². The van der Waals surface area contributed by atoms with Crippen molar-refractivity contribution in [3.63, 3.8) is 0 Å². The number of nitrogens with one attached hydrogen (secondary N) is 1. The second-order valence-electron chi connectivity index (χ2n) is 4.47. The highest BCUT2D eigenvalue weighted by Crippen LogP contribution is 2.19. The zero-order valence-corrected chi connectivity index (χ0v) is 11.9. The van der Waals surface area contributed by atoms with Gasteiger partial charge in [0.1, 0.15) is 5.82 Å². The molecule has 0 radical (unpaired) electrons. The summed E-state index contributed by atoms with van der Waals surface area (Å²) < 4.78 is 14.9. The summed E-state index contributed by atoms with van der Waals surface area (Å²) >= 11 is 1.11. The molecule has 1 N–H and O–H groups in total. The predicted molar refractivity (Wildman–Crippen MR) is 74.7 cm³/mol. The number of ketones is 1. The van der Waals surface area contributed by atoms with E-state index >= 15 is 0 Å². The molecule has 2 aromatic rings. The molecule has 0 spiro atoms. The van der Waals surface area contributed by atoms with Gasteiger partial charge in [-0.25, -0.2) is 14.3 Å². The third-order valence-corrected chi connectivity index (χ3v) is 3.65. The molecule has 0 saturated heterocycles. The van der Waals surface area contributed by atoms with Crippen LogP contribution in [0.5, 0.6) is 0 Å². The number of Topliss-reactive ketones (excluding diaryl/α,β-unsaturated/α-hetero) is 1. The fraction of sp³-hybridized carbons (Fsp3) is 0.308. The quantitative estimate of drug-likeness (QED) is 0.678. The minimum atomic E-state index is -0.540. The van der Waals surface area contributed by atoms with Crippen molar-refractivity contribution in [2.45, 2.75) is 25.0 Å². The molecule has 0 aliphatic carbocycles. The maximum absolute atomic E-state index is 13.5. The zero-order valence-electron chi connectivity index (χ0n) is 11.1. The van der Waals surface area contributed by atoms with E-state index in [1.165, 1.54) is 22.8 Å². The third-order valence-electron chi connectivity index (χ3n) is 2.70. The number of carbonyl (C=O) groups excluding carboxylic acids is 1. The summed E-state index contributed by atoms with van der Waals surface area (Å²) in [6.07, 6.45) is 0. The van der Waals surface area contributed by atoms with Crippen LogP contribution in [-0.2, 0) is 0 Å². The second-order valence-corrected chi connectivity index (χ2v) is 5.41. The molecule has 0 bridgehead atoms. The number of thioether (sulfide) groups is 1. The van der Waals surface area contributed by atoms with Crippen molar-refractivity contribution < 1.29 is 9.18 Å². The maximum Gasteiger partial charge on any atom is 0.344 e. The van der Waals surface area contributed by atoms with Crippen LogP contribution in [-0.4, -0.2) is 26.3 Å². The first-order valence-electron chi connectivity index (χ1n) is 6.08. The van der Waals surface area contributed by atoms with E-state index in [0.717, 1.165) is 11.8 Å².